The molecule has 0 spiro atoms. The van der Waals surface area contributed by atoms with Crippen LogP contribution in [0.2, 0.25) is 0 Å². The first-order valence-electron chi connectivity index (χ1n) is 6.64. The molecular weight excluding hydrogens is 260 g/mol. The molecule has 0 saturated heterocycles. The SMILES string of the molecule is O=C(O)C1CCCC(N2C(=O)c3ccncc3C2=O)C1. The number of carboxylic acid groups (broad SMARTS) is 1. The van der Waals surface area contributed by atoms with Crippen LogP contribution in [0.1, 0.15) is 46.4 Å². The third-order valence-electron chi connectivity index (χ3n) is 4.08. The normalized spacial score (nSPS) is 25.7. The van der Waals surface area contributed by atoms with E-state index in [1.165, 1.54) is 23.4 Å². The van der Waals surface area contributed by atoms with E-state index in [4.69, 9.17) is 5.11 Å². The quantitative estimate of drug-likeness (QED) is 0.822. The molecule has 1 aliphatic carbocycles. The van der Waals surface area contributed by atoms with Gasteiger partial charge in [0.1, 0.15) is 0 Å². The van der Waals surface area contributed by atoms with Gasteiger partial charge in [-0.15, -0.1) is 0 Å². The van der Waals surface area contributed by atoms with Crippen LogP contribution in [0.5, 0.6) is 0 Å². The molecule has 2 aliphatic rings. The molecule has 1 N–H and O–H groups in total. The van der Waals surface area contributed by atoms with Crippen LogP contribution in [0.25, 0.3) is 0 Å². The van der Waals surface area contributed by atoms with E-state index in [2.05, 4.69) is 4.98 Å². The van der Waals surface area contributed by atoms with Crippen molar-refractivity contribution in [3.05, 3.63) is 29.6 Å². The molecule has 1 aromatic heterocycles. The summed E-state index contributed by atoms with van der Waals surface area (Å²) in [4.78, 5) is 40.8. The lowest BCUT2D eigenvalue weighted by Crippen LogP contribution is -2.43. The van der Waals surface area contributed by atoms with Crippen LogP contribution in [-0.2, 0) is 4.79 Å². The van der Waals surface area contributed by atoms with Crippen molar-refractivity contribution < 1.29 is 19.5 Å². The Bertz CT molecular complexity index is 564. The maximum Gasteiger partial charge on any atom is 0.306 e. The highest BCUT2D eigenvalue weighted by Gasteiger charge is 2.42. The fraction of sp³-hybridized carbons (Fsp3) is 0.429. The molecule has 104 valence electrons. The van der Waals surface area contributed by atoms with Gasteiger partial charge in [-0.05, 0) is 25.3 Å². The first kappa shape index (κ1) is 12.8. The number of carboxylic acids is 1. The molecule has 1 aromatic rings. The Hall–Kier alpha value is -2.24. The number of nitrogens with zero attached hydrogens (tertiary/aromatic N) is 2. The summed E-state index contributed by atoms with van der Waals surface area (Å²) < 4.78 is 0. The Morgan fingerprint density at radius 2 is 2.00 bits per heavy atom. The van der Waals surface area contributed by atoms with Crippen molar-refractivity contribution in [2.24, 2.45) is 5.92 Å². The highest BCUT2D eigenvalue weighted by molar-refractivity contribution is 6.21. The molecule has 6 nitrogen and oxygen atoms in total. The summed E-state index contributed by atoms with van der Waals surface area (Å²) in [5.41, 5.74) is 0.678. The van der Waals surface area contributed by atoms with Gasteiger partial charge in [0.05, 0.1) is 17.0 Å². The number of pyridine rings is 1. The minimum absolute atomic E-state index is 0.315. The second-order valence-corrected chi connectivity index (χ2v) is 5.26. The van der Waals surface area contributed by atoms with E-state index in [0.29, 0.717) is 36.8 Å². The maximum absolute atomic E-state index is 12.3. The number of aromatic nitrogens is 1. The number of amides is 2. The van der Waals surface area contributed by atoms with Crippen molar-refractivity contribution in [2.75, 3.05) is 0 Å². The van der Waals surface area contributed by atoms with E-state index in [0.717, 1.165) is 0 Å². The van der Waals surface area contributed by atoms with Crippen molar-refractivity contribution in [3.63, 3.8) is 0 Å². The number of carbonyl (C=O) groups is 3. The highest BCUT2D eigenvalue weighted by atomic mass is 16.4. The number of fused-ring (bicyclic) bond motifs is 1. The van der Waals surface area contributed by atoms with Gasteiger partial charge in [-0.3, -0.25) is 24.3 Å². The molecule has 0 radical (unpaired) electrons. The summed E-state index contributed by atoms with van der Waals surface area (Å²) in [6.45, 7) is 0. The first-order valence-corrected chi connectivity index (χ1v) is 6.64. The number of carbonyl (C=O) groups excluding carboxylic acids is 2. The summed E-state index contributed by atoms with van der Waals surface area (Å²) in [7, 11) is 0. The van der Waals surface area contributed by atoms with E-state index < -0.39 is 11.9 Å². The van der Waals surface area contributed by atoms with Crippen molar-refractivity contribution >= 4 is 17.8 Å². The molecule has 0 aromatic carbocycles. The van der Waals surface area contributed by atoms with Gasteiger partial charge in [0.25, 0.3) is 11.8 Å². The largest absolute Gasteiger partial charge is 0.481 e. The lowest BCUT2D eigenvalue weighted by Gasteiger charge is -2.32. The zero-order chi connectivity index (χ0) is 14.3. The Morgan fingerprint density at radius 1 is 1.25 bits per heavy atom. The molecule has 0 bridgehead atoms. The van der Waals surface area contributed by atoms with Crippen molar-refractivity contribution in [1.29, 1.82) is 0 Å². The average molecular weight is 274 g/mol. The third-order valence-corrected chi connectivity index (χ3v) is 4.08. The number of imide groups is 1. The molecule has 1 saturated carbocycles. The number of rotatable bonds is 2. The van der Waals surface area contributed by atoms with Crippen LogP contribution in [-0.4, -0.2) is 38.8 Å². The number of hydrogen-bond acceptors (Lipinski definition) is 4. The summed E-state index contributed by atoms with van der Waals surface area (Å²) in [5, 5.41) is 9.11. The Morgan fingerprint density at radius 3 is 2.70 bits per heavy atom. The predicted octanol–water partition coefficient (Wildman–Crippen LogP) is 1.32. The summed E-state index contributed by atoms with van der Waals surface area (Å²) >= 11 is 0. The summed E-state index contributed by atoms with van der Waals surface area (Å²) in [6, 6.07) is 1.21. The topological polar surface area (TPSA) is 87.6 Å². The van der Waals surface area contributed by atoms with Crippen LogP contribution < -0.4 is 0 Å². The van der Waals surface area contributed by atoms with Gasteiger partial charge in [-0.1, -0.05) is 6.42 Å². The zero-order valence-corrected chi connectivity index (χ0v) is 10.8. The van der Waals surface area contributed by atoms with Gasteiger partial charge in [0, 0.05) is 18.4 Å². The molecule has 1 fully saturated rings. The van der Waals surface area contributed by atoms with E-state index in [1.807, 2.05) is 0 Å². The maximum atomic E-state index is 12.3. The number of aliphatic carboxylic acids is 1. The fourth-order valence-corrected chi connectivity index (χ4v) is 3.06. The highest BCUT2D eigenvalue weighted by Crippen LogP contribution is 2.33. The zero-order valence-electron chi connectivity index (χ0n) is 10.8. The van der Waals surface area contributed by atoms with Gasteiger partial charge in [0.15, 0.2) is 0 Å². The standard InChI is InChI=1S/C14H14N2O4/c17-12-10-4-5-15-7-11(10)13(18)16(12)9-3-1-2-8(6-9)14(19)20/h4-5,7-9H,1-3,6H2,(H,19,20). The minimum Gasteiger partial charge on any atom is -0.481 e. The van der Waals surface area contributed by atoms with Crippen molar-refractivity contribution in [3.8, 4) is 0 Å². The Kier molecular flexibility index (Phi) is 3.00. The van der Waals surface area contributed by atoms with Crippen LogP contribution >= 0.6 is 0 Å². The summed E-state index contributed by atoms with van der Waals surface area (Å²) in [6.07, 6.45) is 5.21. The van der Waals surface area contributed by atoms with Crippen LogP contribution in [0.4, 0.5) is 0 Å². The fourth-order valence-electron chi connectivity index (χ4n) is 3.06. The lowest BCUT2D eigenvalue weighted by atomic mass is 9.85. The number of hydrogen-bond donors (Lipinski definition) is 1. The van der Waals surface area contributed by atoms with Gasteiger partial charge >= 0.3 is 5.97 Å². The summed E-state index contributed by atoms with van der Waals surface area (Å²) in [5.74, 6) is -2.01. The molecule has 1 aliphatic heterocycles. The molecule has 2 unspecified atom stereocenters. The smallest absolute Gasteiger partial charge is 0.306 e. The molecular formula is C14H14N2O4. The molecule has 3 rings (SSSR count). The van der Waals surface area contributed by atoms with Gasteiger partial charge < -0.3 is 5.11 Å². The van der Waals surface area contributed by atoms with E-state index in [1.54, 1.807) is 0 Å². The predicted molar refractivity (Wildman–Crippen MR) is 68.1 cm³/mol. The molecule has 2 amide bonds. The van der Waals surface area contributed by atoms with E-state index in [9.17, 15) is 14.4 Å². The van der Waals surface area contributed by atoms with Crippen LogP contribution in [0, 0.1) is 5.92 Å². The van der Waals surface area contributed by atoms with Gasteiger partial charge in [0.2, 0.25) is 0 Å². The molecule has 6 heteroatoms. The second kappa shape index (κ2) is 4.70. The second-order valence-electron chi connectivity index (χ2n) is 5.26. The minimum atomic E-state index is -0.854. The van der Waals surface area contributed by atoms with E-state index in [-0.39, 0.29) is 17.9 Å². The first-order chi connectivity index (χ1) is 9.59. The van der Waals surface area contributed by atoms with E-state index >= 15 is 0 Å². The molecule has 2 heterocycles. The Balaban J connectivity index is 1.87. The van der Waals surface area contributed by atoms with Crippen molar-refractivity contribution in [2.45, 2.75) is 31.7 Å². The molecule has 2 atom stereocenters. The monoisotopic (exact) mass is 274 g/mol. The van der Waals surface area contributed by atoms with Crippen molar-refractivity contribution in [1.82, 2.24) is 9.88 Å². The van der Waals surface area contributed by atoms with Crippen LogP contribution in [0.3, 0.4) is 0 Å². The Labute approximate surface area is 115 Å². The van der Waals surface area contributed by atoms with Gasteiger partial charge in [-0.2, -0.15) is 0 Å². The van der Waals surface area contributed by atoms with Gasteiger partial charge in [-0.25, -0.2) is 0 Å². The lowest BCUT2D eigenvalue weighted by molar-refractivity contribution is -0.143. The average Bonchev–Trinajstić information content (AvgIpc) is 2.72. The molecule has 20 heavy (non-hydrogen) atoms. The third kappa shape index (κ3) is 1.88. The van der Waals surface area contributed by atoms with Crippen LogP contribution in [0.15, 0.2) is 18.5 Å².